The number of halogens is 2. The van der Waals surface area contributed by atoms with Crippen molar-refractivity contribution in [3.8, 4) is 0 Å². The molecule has 0 bridgehead atoms. The van der Waals surface area contributed by atoms with Gasteiger partial charge in [0, 0.05) is 18.1 Å². The fourth-order valence-corrected chi connectivity index (χ4v) is 4.04. The molecular weight excluding hydrogens is 591 g/mol. The minimum Gasteiger partial charge on any atom is -1.00 e. The number of hydrogen-bond donors (Lipinski definition) is 4. The number of carbonyl (C=O) groups excluding carboxylic acids is 3. The summed E-state index contributed by atoms with van der Waals surface area (Å²) >= 11 is 5.87. The molecule has 4 rings (SSSR count). The molecule has 1 atom stereocenters. The van der Waals surface area contributed by atoms with Crippen molar-refractivity contribution in [2.24, 2.45) is 7.05 Å². The number of nitrogens with zero attached hydrogens (tertiary/aromatic N) is 4. The number of benzene rings is 1. The Labute approximate surface area is 222 Å². The zero-order valence-corrected chi connectivity index (χ0v) is 21.9. The number of nitrogen functional groups attached to an aromatic ring is 2. The molecule has 1 saturated heterocycles. The number of fused-ring (bicyclic) bond motifs is 1. The highest BCUT2D eigenvalue weighted by Gasteiger charge is 2.29. The third-order valence-corrected chi connectivity index (χ3v) is 5.95. The summed E-state index contributed by atoms with van der Waals surface area (Å²) in [6, 6.07) is 4.62. The van der Waals surface area contributed by atoms with Gasteiger partial charge in [-0.15, -0.1) is 0 Å². The molecule has 14 heteroatoms. The van der Waals surface area contributed by atoms with Gasteiger partial charge in [0.25, 0.3) is 17.6 Å². The van der Waals surface area contributed by atoms with Gasteiger partial charge >= 0.3 is 5.97 Å². The van der Waals surface area contributed by atoms with E-state index in [1.807, 2.05) is 29.2 Å². The van der Waals surface area contributed by atoms with Gasteiger partial charge in [-0.2, -0.15) is 0 Å². The summed E-state index contributed by atoms with van der Waals surface area (Å²) in [5.74, 6) is -0.747. The second kappa shape index (κ2) is 10.6. The average Bonchev–Trinajstić information content (AvgIpc) is 3.33. The largest absolute Gasteiger partial charge is 1.00 e. The smallest absolute Gasteiger partial charge is 0.328 e. The Morgan fingerprint density at radius 3 is 2.66 bits per heavy atom. The van der Waals surface area contributed by atoms with E-state index in [0.29, 0.717) is 25.1 Å². The Balaban J connectivity index is 0.00000342. The van der Waals surface area contributed by atoms with E-state index in [1.165, 1.54) is 0 Å². The summed E-state index contributed by atoms with van der Waals surface area (Å²) in [5, 5.41) is 5.38. The lowest BCUT2D eigenvalue weighted by molar-refractivity contribution is -0.654. The van der Waals surface area contributed by atoms with E-state index in [1.54, 1.807) is 12.1 Å². The van der Waals surface area contributed by atoms with Crippen molar-refractivity contribution in [1.82, 2.24) is 25.2 Å². The van der Waals surface area contributed by atoms with E-state index >= 15 is 0 Å². The van der Waals surface area contributed by atoms with Crippen molar-refractivity contribution < 1.29 is 47.7 Å². The molecule has 1 unspecified atom stereocenters. The molecule has 1 aromatic carbocycles. The van der Waals surface area contributed by atoms with Crippen LogP contribution in [0.3, 0.4) is 0 Å². The van der Waals surface area contributed by atoms with Crippen molar-refractivity contribution in [3.05, 3.63) is 40.4 Å². The first-order chi connectivity index (χ1) is 16.2. The Morgan fingerprint density at radius 2 is 2.00 bits per heavy atom. The monoisotopic (exact) mass is 614 g/mol. The number of cyclic esters (lactones) is 1. The number of ether oxygens (including phenoxy) is 1. The van der Waals surface area contributed by atoms with E-state index in [2.05, 4.69) is 20.6 Å². The number of esters is 1. The van der Waals surface area contributed by atoms with Crippen LogP contribution in [-0.4, -0.2) is 45.0 Å². The predicted molar refractivity (Wildman–Crippen MR) is 123 cm³/mol. The molecule has 12 nitrogen and oxygen atoms in total. The Hall–Kier alpha value is -3.20. The van der Waals surface area contributed by atoms with Crippen LogP contribution in [0.15, 0.2) is 18.2 Å². The van der Waals surface area contributed by atoms with E-state index < -0.39 is 17.9 Å². The van der Waals surface area contributed by atoms with Crippen molar-refractivity contribution in [2.75, 3.05) is 18.1 Å². The quantitative estimate of drug-likeness (QED) is 0.130. The molecular formula is C21H24ClIN8O4. The summed E-state index contributed by atoms with van der Waals surface area (Å²) < 4.78 is 8.79. The fourth-order valence-electron chi connectivity index (χ4n) is 3.91. The maximum atomic E-state index is 12.7. The molecule has 3 heterocycles. The molecule has 0 saturated carbocycles. The summed E-state index contributed by atoms with van der Waals surface area (Å²) in [7, 11) is 1.86. The number of aryl methyl sites for hydroxylation is 2. The van der Waals surface area contributed by atoms with Gasteiger partial charge in [-0.1, -0.05) is 11.6 Å². The van der Waals surface area contributed by atoms with Gasteiger partial charge in [0.1, 0.15) is 12.6 Å². The Morgan fingerprint density at radius 1 is 1.26 bits per heavy atom. The van der Waals surface area contributed by atoms with Gasteiger partial charge in [-0.05, 0) is 19.1 Å². The summed E-state index contributed by atoms with van der Waals surface area (Å²) in [6.45, 7) is 2.98. The van der Waals surface area contributed by atoms with Crippen LogP contribution in [0.25, 0.3) is 11.0 Å². The van der Waals surface area contributed by atoms with Crippen LogP contribution in [0.2, 0.25) is 5.15 Å². The third kappa shape index (κ3) is 5.10. The molecule has 1 aliphatic rings. The number of rotatable bonds is 6. The molecule has 0 radical (unpaired) electrons. The van der Waals surface area contributed by atoms with Crippen LogP contribution < -0.4 is 50.6 Å². The minimum atomic E-state index is -0.639. The first kappa shape index (κ1) is 26.4. The predicted octanol–water partition coefficient (Wildman–Crippen LogP) is -2.93. The highest BCUT2D eigenvalue weighted by atomic mass is 127. The zero-order valence-electron chi connectivity index (χ0n) is 19.0. The average molecular weight is 615 g/mol. The first-order valence-corrected chi connectivity index (χ1v) is 10.9. The molecule has 1 aliphatic heterocycles. The van der Waals surface area contributed by atoms with Gasteiger partial charge in [0.2, 0.25) is 0 Å². The topological polar surface area (TPSA) is 171 Å². The van der Waals surface area contributed by atoms with Crippen molar-refractivity contribution >= 4 is 52.1 Å². The molecule has 1 fully saturated rings. The fraction of sp³-hybridized carbons (Fsp3) is 0.333. The third-order valence-electron chi connectivity index (χ3n) is 5.67. The van der Waals surface area contributed by atoms with Crippen LogP contribution >= 0.6 is 11.6 Å². The molecule has 6 N–H and O–H groups in total. The van der Waals surface area contributed by atoms with Gasteiger partial charge in [-0.3, -0.25) is 9.59 Å². The highest BCUT2D eigenvalue weighted by Crippen LogP contribution is 2.19. The molecule has 3 aromatic rings. The molecule has 2 amide bonds. The number of aromatic nitrogens is 4. The number of nitrogens with two attached hydrogens (primary N) is 2. The van der Waals surface area contributed by atoms with E-state index in [0.717, 1.165) is 16.9 Å². The number of hydrogen-bond acceptors (Lipinski definition) is 8. The SMILES string of the molecule is CCn1c(CNC(=O)c2nc(Cl)c(N)nc2N)[n+](C)c2ccc(C(=O)NC3CCOC3=O)cc21.[I-]. The van der Waals surface area contributed by atoms with Gasteiger partial charge < -0.3 is 50.8 Å². The Kier molecular flexibility index (Phi) is 8.00. The van der Waals surface area contributed by atoms with Crippen LogP contribution in [-0.2, 0) is 29.7 Å². The Bertz CT molecular complexity index is 1330. The maximum absolute atomic E-state index is 12.7. The van der Waals surface area contributed by atoms with Crippen LogP contribution in [0, 0.1) is 0 Å². The highest BCUT2D eigenvalue weighted by molar-refractivity contribution is 6.31. The van der Waals surface area contributed by atoms with Crippen molar-refractivity contribution in [2.45, 2.75) is 32.5 Å². The molecule has 35 heavy (non-hydrogen) atoms. The maximum Gasteiger partial charge on any atom is 0.328 e. The second-order valence-corrected chi connectivity index (χ2v) is 8.08. The molecule has 0 spiro atoms. The van der Waals surface area contributed by atoms with E-state index in [9.17, 15) is 14.4 Å². The number of amides is 2. The normalized spacial score (nSPS) is 14.9. The summed E-state index contributed by atoms with van der Waals surface area (Å²) in [4.78, 5) is 44.8. The molecule has 186 valence electrons. The second-order valence-electron chi connectivity index (χ2n) is 7.72. The lowest BCUT2D eigenvalue weighted by Gasteiger charge is -2.08. The van der Waals surface area contributed by atoms with Crippen molar-refractivity contribution in [1.29, 1.82) is 0 Å². The van der Waals surface area contributed by atoms with Gasteiger partial charge in [-0.25, -0.2) is 23.9 Å². The zero-order chi connectivity index (χ0) is 24.6. The number of nitrogens with one attached hydrogen (secondary N) is 2. The van der Waals surface area contributed by atoms with E-state index in [-0.39, 0.29) is 58.9 Å². The van der Waals surface area contributed by atoms with E-state index in [4.69, 9.17) is 27.8 Å². The summed E-state index contributed by atoms with van der Waals surface area (Å²) in [6.07, 6.45) is 0.449. The number of imidazole rings is 1. The van der Waals surface area contributed by atoms with Crippen molar-refractivity contribution in [3.63, 3.8) is 0 Å². The lowest BCUT2D eigenvalue weighted by Crippen LogP contribution is -3.00. The lowest BCUT2D eigenvalue weighted by atomic mass is 10.1. The van der Waals surface area contributed by atoms with Crippen LogP contribution in [0.1, 0.15) is 40.0 Å². The minimum absolute atomic E-state index is 0. The number of carbonyl (C=O) groups is 3. The number of anilines is 2. The standard InChI is InChI=1S/C21H23ClN8O4.HI/c1-3-30-13-8-10(19(31)26-11-6-7-34-21(11)33)4-5-12(13)29(2)14(30)9-25-20(32)15-17(23)28-18(24)16(22)27-15;/h4-5,8,11H,3,6-7,9H2,1-2H3,(H5-,23,24,25,26,28,31,32);1H. The van der Waals surface area contributed by atoms with Gasteiger partial charge in [0.15, 0.2) is 33.5 Å². The van der Waals surface area contributed by atoms with Crippen LogP contribution in [0.4, 0.5) is 11.6 Å². The van der Waals surface area contributed by atoms with Gasteiger partial charge in [0.05, 0.1) is 20.2 Å². The summed E-state index contributed by atoms with van der Waals surface area (Å²) in [5.41, 5.74) is 13.3. The first-order valence-electron chi connectivity index (χ1n) is 10.6. The van der Waals surface area contributed by atoms with Crippen LogP contribution in [0.5, 0.6) is 0 Å². The molecule has 2 aromatic heterocycles. The molecule has 0 aliphatic carbocycles.